The quantitative estimate of drug-likeness (QED) is 0.367. The molecule has 0 aliphatic heterocycles. The van der Waals surface area contributed by atoms with Crippen molar-refractivity contribution >= 4 is 0 Å². The van der Waals surface area contributed by atoms with Crippen LogP contribution in [0.2, 0.25) is 0 Å². The second-order valence-electron chi connectivity index (χ2n) is 10.5. The molecule has 0 amide bonds. The van der Waals surface area contributed by atoms with Crippen LogP contribution in [0, 0.1) is 0 Å². The van der Waals surface area contributed by atoms with E-state index in [0.29, 0.717) is 29.6 Å². The SMILES string of the molecule is CC(C)c1cccc(C(C)C)c1.CC(C)c1ccccc1.CC(C)c1ccccc1C(C)C. The number of rotatable bonds is 5. The molecule has 0 atom stereocenters. The largest absolute Gasteiger partial charge is 0.0622 e. The molecule has 3 aromatic rings. The minimum Gasteiger partial charge on any atom is -0.0622 e. The topological polar surface area (TPSA) is 0 Å². The lowest BCUT2D eigenvalue weighted by Crippen LogP contribution is -1.97. The molecule has 0 fully saturated rings. The molecule has 0 heterocycles. The molecule has 0 aliphatic carbocycles. The first-order chi connectivity index (χ1) is 15.5. The van der Waals surface area contributed by atoms with E-state index in [0.717, 1.165) is 0 Å². The number of hydrogen-bond donors (Lipinski definition) is 0. The number of benzene rings is 3. The predicted molar refractivity (Wildman–Crippen MR) is 150 cm³/mol. The van der Waals surface area contributed by atoms with Gasteiger partial charge in [0.15, 0.2) is 0 Å². The summed E-state index contributed by atoms with van der Waals surface area (Å²) in [6.07, 6.45) is 0. The summed E-state index contributed by atoms with van der Waals surface area (Å²) in [7, 11) is 0. The summed E-state index contributed by atoms with van der Waals surface area (Å²) in [5.74, 6) is 3.23. The number of hydrogen-bond acceptors (Lipinski definition) is 0. The Morgan fingerprint density at radius 1 is 0.333 bits per heavy atom. The minimum atomic E-state index is 0.642. The van der Waals surface area contributed by atoms with E-state index in [1.807, 2.05) is 6.07 Å². The van der Waals surface area contributed by atoms with Gasteiger partial charge in [0.2, 0.25) is 0 Å². The van der Waals surface area contributed by atoms with Crippen LogP contribution in [0.3, 0.4) is 0 Å². The Bertz CT molecular complexity index is 848. The minimum absolute atomic E-state index is 0.642. The van der Waals surface area contributed by atoms with Crippen LogP contribution in [0.5, 0.6) is 0 Å². The third-order valence-electron chi connectivity index (χ3n) is 5.95. The van der Waals surface area contributed by atoms with E-state index in [1.165, 1.54) is 27.8 Å². The molecular formula is C33H48. The summed E-state index contributed by atoms with van der Waals surface area (Å²) in [4.78, 5) is 0. The molecule has 0 bridgehead atoms. The molecular weight excluding hydrogens is 396 g/mol. The van der Waals surface area contributed by atoms with Crippen LogP contribution in [-0.4, -0.2) is 0 Å². The average Bonchev–Trinajstić information content (AvgIpc) is 2.80. The van der Waals surface area contributed by atoms with E-state index in [4.69, 9.17) is 0 Å². The van der Waals surface area contributed by atoms with Crippen molar-refractivity contribution < 1.29 is 0 Å². The van der Waals surface area contributed by atoms with E-state index in [2.05, 4.69) is 142 Å². The summed E-state index contributed by atoms with van der Waals surface area (Å²) in [5.41, 5.74) is 7.29. The fraction of sp³-hybridized carbons (Fsp3) is 0.455. The maximum absolute atomic E-state index is 2.31. The molecule has 0 aliphatic rings. The molecule has 0 saturated heterocycles. The van der Waals surface area contributed by atoms with Gasteiger partial charge in [0.05, 0.1) is 0 Å². The second-order valence-corrected chi connectivity index (χ2v) is 10.5. The second kappa shape index (κ2) is 14.7. The lowest BCUT2D eigenvalue weighted by Gasteiger charge is -2.14. The van der Waals surface area contributed by atoms with Crippen molar-refractivity contribution in [3.8, 4) is 0 Å². The molecule has 0 unspecified atom stereocenters. The van der Waals surface area contributed by atoms with Crippen molar-refractivity contribution in [1.82, 2.24) is 0 Å². The summed E-state index contributed by atoms with van der Waals surface area (Å²) in [6, 6.07) is 28.1. The van der Waals surface area contributed by atoms with Crippen LogP contribution >= 0.6 is 0 Å². The van der Waals surface area contributed by atoms with E-state index in [-0.39, 0.29) is 0 Å². The summed E-state index contributed by atoms with van der Waals surface area (Å²) in [5, 5.41) is 0. The Hall–Kier alpha value is -2.34. The fourth-order valence-electron chi connectivity index (χ4n) is 3.68. The standard InChI is InChI=1S/2C12H18.C9H12/c1-9(2)11-6-5-7-12(8-11)10(3)4;1-9(2)11-7-5-6-8-12(11)10(3)4;1-8(2)9-6-4-3-5-7-9/h2*5-10H,1-4H3;3-8H,1-2H3. The first kappa shape index (κ1) is 28.7. The maximum atomic E-state index is 2.31. The van der Waals surface area contributed by atoms with Gasteiger partial charge in [-0.15, -0.1) is 0 Å². The van der Waals surface area contributed by atoms with Crippen molar-refractivity contribution in [1.29, 1.82) is 0 Å². The van der Waals surface area contributed by atoms with Crippen LogP contribution in [-0.2, 0) is 0 Å². The van der Waals surface area contributed by atoms with Crippen molar-refractivity contribution in [3.05, 3.63) is 107 Å². The smallest absolute Gasteiger partial charge is 0.0216 e. The van der Waals surface area contributed by atoms with Gasteiger partial charge in [-0.25, -0.2) is 0 Å². The normalized spacial score (nSPS) is 10.9. The molecule has 3 aromatic carbocycles. The first-order valence-corrected chi connectivity index (χ1v) is 12.8. The van der Waals surface area contributed by atoms with E-state index in [1.54, 1.807) is 0 Å². The van der Waals surface area contributed by atoms with Crippen LogP contribution in [0.25, 0.3) is 0 Å². The van der Waals surface area contributed by atoms with Gasteiger partial charge in [0.25, 0.3) is 0 Å². The molecule has 0 aromatic heterocycles. The summed E-state index contributed by atoms with van der Waals surface area (Å²) >= 11 is 0. The molecule has 3 rings (SSSR count). The highest BCUT2D eigenvalue weighted by Crippen LogP contribution is 2.25. The highest BCUT2D eigenvalue weighted by Gasteiger charge is 2.07. The molecule has 33 heavy (non-hydrogen) atoms. The van der Waals surface area contributed by atoms with Gasteiger partial charge in [-0.05, 0) is 57.4 Å². The van der Waals surface area contributed by atoms with Crippen molar-refractivity contribution in [2.75, 3.05) is 0 Å². The van der Waals surface area contributed by atoms with Crippen LogP contribution in [0.4, 0.5) is 0 Å². The first-order valence-electron chi connectivity index (χ1n) is 12.8. The zero-order valence-corrected chi connectivity index (χ0v) is 22.9. The van der Waals surface area contributed by atoms with E-state index < -0.39 is 0 Å². The van der Waals surface area contributed by atoms with Gasteiger partial charge in [-0.2, -0.15) is 0 Å². The Balaban J connectivity index is 0.000000250. The molecule has 0 radical (unpaired) electrons. The van der Waals surface area contributed by atoms with Gasteiger partial charge in [-0.1, -0.05) is 148 Å². The van der Waals surface area contributed by atoms with Crippen LogP contribution < -0.4 is 0 Å². The van der Waals surface area contributed by atoms with Crippen molar-refractivity contribution in [3.63, 3.8) is 0 Å². The van der Waals surface area contributed by atoms with E-state index >= 15 is 0 Å². The third kappa shape index (κ3) is 10.4. The van der Waals surface area contributed by atoms with Gasteiger partial charge >= 0.3 is 0 Å². The van der Waals surface area contributed by atoms with Crippen LogP contribution in [0.15, 0.2) is 78.9 Å². The molecule has 0 nitrogen and oxygen atoms in total. The lowest BCUT2D eigenvalue weighted by atomic mass is 9.91. The van der Waals surface area contributed by atoms with Crippen molar-refractivity contribution in [2.45, 2.75) is 98.8 Å². The Kier molecular flexibility index (Phi) is 12.8. The molecule has 0 spiro atoms. The van der Waals surface area contributed by atoms with E-state index in [9.17, 15) is 0 Å². The van der Waals surface area contributed by atoms with Gasteiger partial charge in [-0.3, -0.25) is 0 Å². The lowest BCUT2D eigenvalue weighted by molar-refractivity contribution is 0.790. The Morgan fingerprint density at radius 2 is 0.667 bits per heavy atom. The summed E-state index contributed by atoms with van der Waals surface area (Å²) < 4.78 is 0. The Morgan fingerprint density at radius 3 is 0.970 bits per heavy atom. The monoisotopic (exact) mass is 444 g/mol. The average molecular weight is 445 g/mol. The maximum Gasteiger partial charge on any atom is -0.0216 e. The third-order valence-corrected chi connectivity index (χ3v) is 5.95. The zero-order valence-electron chi connectivity index (χ0n) is 22.9. The zero-order chi connectivity index (χ0) is 25.0. The van der Waals surface area contributed by atoms with Crippen LogP contribution in [0.1, 0.15) is 127 Å². The molecule has 0 saturated carbocycles. The highest BCUT2D eigenvalue weighted by atomic mass is 14.1. The van der Waals surface area contributed by atoms with Gasteiger partial charge in [0.1, 0.15) is 0 Å². The summed E-state index contributed by atoms with van der Waals surface area (Å²) in [6.45, 7) is 22.4. The molecule has 0 N–H and O–H groups in total. The van der Waals surface area contributed by atoms with Gasteiger partial charge < -0.3 is 0 Å². The van der Waals surface area contributed by atoms with Gasteiger partial charge in [0, 0.05) is 0 Å². The van der Waals surface area contributed by atoms with Crippen molar-refractivity contribution in [2.24, 2.45) is 0 Å². The predicted octanol–water partition coefficient (Wildman–Crippen LogP) is 10.7. The Labute approximate surface area is 205 Å². The highest BCUT2D eigenvalue weighted by molar-refractivity contribution is 5.32. The fourth-order valence-corrected chi connectivity index (χ4v) is 3.68. The molecule has 180 valence electrons. The molecule has 0 heteroatoms.